The van der Waals surface area contributed by atoms with E-state index in [-0.39, 0.29) is 0 Å². The first-order chi connectivity index (χ1) is 23.4. The van der Waals surface area contributed by atoms with Crippen LogP contribution in [-0.2, 0) is 8.85 Å². The third-order valence-corrected chi connectivity index (χ3v) is 16.4. The lowest BCUT2D eigenvalue weighted by Crippen LogP contribution is -2.61. The SMILES string of the molecule is COc1ccc([C@H](O[Si](C)(c2ccccc2)c2ccccc2)[C@@H](O[Si](C)(c2ccccc2)c2ccccc2)c2ccc(OC)cc2)cc1. The zero-order valence-electron chi connectivity index (χ0n) is 28.0. The molecule has 0 saturated heterocycles. The van der Waals surface area contributed by atoms with E-state index < -0.39 is 28.8 Å². The Bertz CT molecular complexity index is 1630. The van der Waals surface area contributed by atoms with Crippen LogP contribution in [0.1, 0.15) is 23.3 Å². The van der Waals surface area contributed by atoms with Crippen LogP contribution in [0.4, 0.5) is 0 Å². The number of hydrogen-bond donors (Lipinski definition) is 0. The molecule has 0 aliphatic carbocycles. The van der Waals surface area contributed by atoms with Crippen LogP contribution < -0.4 is 30.2 Å². The summed E-state index contributed by atoms with van der Waals surface area (Å²) in [5.41, 5.74) is 2.03. The molecule has 0 amide bonds. The smallest absolute Gasteiger partial charge is 0.253 e. The van der Waals surface area contributed by atoms with E-state index in [1.165, 1.54) is 20.7 Å². The first-order valence-electron chi connectivity index (χ1n) is 16.3. The van der Waals surface area contributed by atoms with Crippen molar-refractivity contribution >= 4 is 37.4 Å². The van der Waals surface area contributed by atoms with Gasteiger partial charge in [0.1, 0.15) is 23.7 Å². The molecule has 6 aromatic rings. The highest BCUT2D eigenvalue weighted by Crippen LogP contribution is 2.40. The predicted molar refractivity (Wildman–Crippen MR) is 201 cm³/mol. The molecule has 0 bridgehead atoms. The molecule has 6 rings (SSSR count). The minimum Gasteiger partial charge on any atom is -0.497 e. The number of ether oxygens (including phenoxy) is 2. The minimum absolute atomic E-state index is 0.472. The van der Waals surface area contributed by atoms with Crippen LogP contribution in [0, 0.1) is 0 Å². The van der Waals surface area contributed by atoms with Crippen molar-refractivity contribution in [2.45, 2.75) is 25.3 Å². The Hall–Kier alpha value is -4.73. The number of rotatable bonds is 13. The summed E-state index contributed by atoms with van der Waals surface area (Å²) in [4.78, 5) is 0. The monoisotopic (exact) mass is 666 g/mol. The van der Waals surface area contributed by atoms with Crippen molar-refractivity contribution in [3.8, 4) is 11.5 Å². The van der Waals surface area contributed by atoms with Gasteiger partial charge in [0, 0.05) is 0 Å². The number of hydrogen-bond acceptors (Lipinski definition) is 4. The molecule has 48 heavy (non-hydrogen) atoms. The van der Waals surface area contributed by atoms with Gasteiger partial charge in [0.05, 0.1) is 14.2 Å². The van der Waals surface area contributed by atoms with E-state index in [0.29, 0.717) is 0 Å². The average Bonchev–Trinajstić information content (AvgIpc) is 3.17. The minimum atomic E-state index is -2.84. The molecule has 0 aliphatic rings. The van der Waals surface area contributed by atoms with Gasteiger partial charge in [0.15, 0.2) is 0 Å². The van der Waals surface area contributed by atoms with Gasteiger partial charge in [-0.1, -0.05) is 146 Å². The Morgan fingerprint density at radius 3 is 0.833 bits per heavy atom. The van der Waals surface area contributed by atoms with Crippen molar-refractivity contribution < 1.29 is 18.3 Å². The lowest BCUT2D eigenvalue weighted by molar-refractivity contribution is 0.0468. The normalized spacial score (nSPS) is 13.0. The second-order valence-electron chi connectivity index (χ2n) is 12.2. The average molecular weight is 667 g/mol. The van der Waals surface area contributed by atoms with Crippen molar-refractivity contribution in [1.82, 2.24) is 0 Å². The molecule has 0 radical (unpaired) electrons. The van der Waals surface area contributed by atoms with E-state index in [2.05, 4.69) is 159 Å². The van der Waals surface area contributed by atoms with Crippen LogP contribution in [0.2, 0.25) is 13.1 Å². The molecule has 0 spiro atoms. The van der Waals surface area contributed by atoms with Gasteiger partial charge in [-0.3, -0.25) is 0 Å². The summed E-state index contributed by atoms with van der Waals surface area (Å²) in [5, 5.41) is 4.76. The molecule has 4 nitrogen and oxygen atoms in total. The van der Waals surface area contributed by atoms with Crippen LogP contribution in [0.15, 0.2) is 170 Å². The lowest BCUT2D eigenvalue weighted by atomic mass is 9.98. The fourth-order valence-corrected chi connectivity index (χ4v) is 12.4. The molecular weight excluding hydrogens is 625 g/mol. The van der Waals surface area contributed by atoms with Gasteiger partial charge in [-0.05, 0) is 69.2 Å². The summed E-state index contributed by atoms with van der Waals surface area (Å²) in [7, 11) is -2.29. The third-order valence-electron chi connectivity index (χ3n) is 9.19. The van der Waals surface area contributed by atoms with Crippen LogP contribution in [0.3, 0.4) is 0 Å². The largest absolute Gasteiger partial charge is 0.497 e. The maximum absolute atomic E-state index is 7.72. The van der Waals surface area contributed by atoms with Gasteiger partial charge >= 0.3 is 0 Å². The van der Waals surface area contributed by atoms with E-state index >= 15 is 0 Å². The van der Waals surface area contributed by atoms with Gasteiger partial charge in [0.25, 0.3) is 16.6 Å². The Morgan fingerprint density at radius 1 is 0.354 bits per heavy atom. The molecular formula is C42H42O4Si2. The van der Waals surface area contributed by atoms with Gasteiger partial charge in [-0.2, -0.15) is 0 Å². The van der Waals surface area contributed by atoms with E-state index in [1.807, 2.05) is 24.3 Å². The Balaban J connectivity index is 1.58. The summed E-state index contributed by atoms with van der Waals surface area (Å²) in [5.74, 6) is 1.58. The lowest BCUT2D eigenvalue weighted by Gasteiger charge is -2.41. The fraction of sp³-hybridized carbons (Fsp3) is 0.143. The molecule has 0 fully saturated rings. The van der Waals surface area contributed by atoms with E-state index in [9.17, 15) is 0 Å². The van der Waals surface area contributed by atoms with Crippen molar-refractivity contribution in [2.75, 3.05) is 14.2 Å². The molecule has 0 aromatic heterocycles. The standard InChI is InChI=1S/C42H42O4Si2/c1-43-35-29-25-33(26-30-35)41(45-47(3,37-17-9-5-10-18-37)38-19-11-6-12-20-38)42(34-27-31-36(44-2)32-28-34)46-48(4,39-21-13-7-14-22-39)40-23-15-8-16-24-40/h5-32,41-42H,1-4H3/t41-,42-/m0/s1. The maximum Gasteiger partial charge on any atom is 0.253 e. The van der Waals surface area contributed by atoms with E-state index in [1.54, 1.807) is 14.2 Å². The van der Waals surface area contributed by atoms with Crippen molar-refractivity contribution in [3.63, 3.8) is 0 Å². The zero-order valence-corrected chi connectivity index (χ0v) is 30.0. The summed E-state index contributed by atoms with van der Waals surface area (Å²) >= 11 is 0. The second kappa shape index (κ2) is 15.0. The number of benzene rings is 6. The van der Waals surface area contributed by atoms with Gasteiger partial charge in [0.2, 0.25) is 0 Å². The molecule has 0 N–H and O–H groups in total. The Kier molecular flexibility index (Phi) is 10.4. The summed E-state index contributed by atoms with van der Waals surface area (Å²) in [6.07, 6.45) is -0.943. The van der Waals surface area contributed by atoms with Crippen molar-refractivity contribution in [2.24, 2.45) is 0 Å². The molecule has 6 heteroatoms. The molecule has 0 unspecified atom stereocenters. The van der Waals surface area contributed by atoms with Crippen LogP contribution in [0.25, 0.3) is 0 Å². The van der Waals surface area contributed by atoms with E-state index in [0.717, 1.165) is 22.6 Å². The molecule has 0 saturated carbocycles. The van der Waals surface area contributed by atoms with E-state index in [4.69, 9.17) is 18.3 Å². The summed E-state index contributed by atoms with van der Waals surface area (Å²) in [6.45, 7) is 4.59. The Labute approximate surface area is 286 Å². The van der Waals surface area contributed by atoms with Gasteiger partial charge in [-0.25, -0.2) is 0 Å². The zero-order chi connectivity index (χ0) is 33.4. The molecule has 6 aromatic carbocycles. The first-order valence-corrected chi connectivity index (χ1v) is 21.1. The van der Waals surface area contributed by atoms with Gasteiger partial charge < -0.3 is 18.3 Å². The highest BCUT2D eigenvalue weighted by molar-refractivity contribution is 6.97. The predicted octanol–water partition coefficient (Wildman–Crippen LogP) is 7.30. The van der Waals surface area contributed by atoms with Crippen LogP contribution >= 0.6 is 0 Å². The maximum atomic E-state index is 7.72. The number of methoxy groups -OCH3 is 2. The first kappa shape index (κ1) is 33.2. The molecule has 242 valence electrons. The highest BCUT2D eigenvalue weighted by Gasteiger charge is 2.44. The quantitative estimate of drug-likeness (QED) is 0.121. The highest BCUT2D eigenvalue weighted by atomic mass is 28.4. The molecule has 0 heterocycles. The van der Waals surface area contributed by atoms with Gasteiger partial charge in [-0.15, -0.1) is 0 Å². The fourth-order valence-electron chi connectivity index (χ4n) is 6.33. The Morgan fingerprint density at radius 2 is 0.604 bits per heavy atom. The molecule has 0 aliphatic heterocycles. The van der Waals surface area contributed by atoms with Crippen molar-refractivity contribution in [3.05, 3.63) is 181 Å². The molecule has 2 atom stereocenters. The summed E-state index contributed by atoms with van der Waals surface area (Å²) < 4.78 is 26.6. The van der Waals surface area contributed by atoms with Crippen molar-refractivity contribution in [1.29, 1.82) is 0 Å². The van der Waals surface area contributed by atoms with Crippen LogP contribution in [-0.4, -0.2) is 30.9 Å². The third kappa shape index (κ3) is 7.08. The van der Waals surface area contributed by atoms with Crippen LogP contribution in [0.5, 0.6) is 11.5 Å². The second-order valence-corrected chi connectivity index (χ2v) is 19.1. The summed E-state index contributed by atoms with van der Waals surface area (Å²) in [6, 6.07) is 59.0. The topological polar surface area (TPSA) is 36.9 Å².